The van der Waals surface area contributed by atoms with Crippen LogP contribution >= 0.6 is 0 Å². The molecule has 1 aliphatic heterocycles. The normalized spacial score (nSPS) is 18.2. The molecule has 1 atom stereocenters. The van der Waals surface area contributed by atoms with Gasteiger partial charge in [0.15, 0.2) is 32.8 Å². The Kier molecular flexibility index (Phi) is 5.69. The molecule has 1 aromatic heterocycles. The van der Waals surface area contributed by atoms with Crippen molar-refractivity contribution < 1.29 is 27.2 Å². The van der Waals surface area contributed by atoms with Gasteiger partial charge in [-0.25, -0.2) is 8.42 Å². The van der Waals surface area contributed by atoms with Crippen LogP contribution in [0.4, 0.5) is 0 Å². The highest BCUT2D eigenvalue weighted by atomic mass is 32.2. The van der Waals surface area contributed by atoms with Gasteiger partial charge in [-0.2, -0.15) is 0 Å². The standard InChI is InChI=1S/C18H22N2O6S/c1-3-24-15-6-5-12(9-17(15)25-4-2)16-10-14(20-26-16)18(21)19-13-7-8-27(22,23)11-13/h5-6,9-10,13H,3-4,7-8,11H2,1-2H3,(H,19,21). The highest BCUT2D eigenvalue weighted by Gasteiger charge is 2.29. The lowest BCUT2D eigenvalue weighted by molar-refractivity contribution is 0.0932. The lowest BCUT2D eigenvalue weighted by Gasteiger charge is -2.11. The number of hydrogen-bond donors (Lipinski definition) is 1. The van der Waals surface area contributed by atoms with E-state index in [9.17, 15) is 13.2 Å². The van der Waals surface area contributed by atoms with E-state index >= 15 is 0 Å². The van der Waals surface area contributed by atoms with Gasteiger partial charge in [-0.05, 0) is 38.5 Å². The summed E-state index contributed by atoms with van der Waals surface area (Å²) in [7, 11) is -3.06. The van der Waals surface area contributed by atoms with E-state index in [0.29, 0.717) is 42.5 Å². The number of nitrogens with one attached hydrogen (secondary N) is 1. The number of aromatic nitrogens is 1. The molecule has 146 valence electrons. The average molecular weight is 394 g/mol. The summed E-state index contributed by atoms with van der Waals surface area (Å²) in [6.07, 6.45) is 0.412. The third kappa shape index (κ3) is 4.60. The Morgan fingerprint density at radius 2 is 1.96 bits per heavy atom. The monoisotopic (exact) mass is 394 g/mol. The van der Waals surface area contributed by atoms with Crippen LogP contribution in [-0.4, -0.2) is 50.2 Å². The summed E-state index contributed by atoms with van der Waals surface area (Å²) in [6.45, 7) is 4.77. The molecule has 1 amide bonds. The zero-order valence-electron chi connectivity index (χ0n) is 15.2. The van der Waals surface area contributed by atoms with Crippen LogP contribution in [0.15, 0.2) is 28.8 Å². The Bertz CT molecular complexity index is 922. The third-order valence-corrected chi connectivity index (χ3v) is 5.91. The molecule has 1 unspecified atom stereocenters. The zero-order chi connectivity index (χ0) is 19.4. The van der Waals surface area contributed by atoms with Gasteiger partial charge in [-0.1, -0.05) is 5.16 Å². The van der Waals surface area contributed by atoms with Crippen LogP contribution < -0.4 is 14.8 Å². The van der Waals surface area contributed by atoms with Crippen LogP contribution in [0.25, 0.3) is 11.3 Å². The van der Waals surface area contributed by atoms with E-state index in [0.717, 1.165) is 0 Å². The first-order valence-corrected chi connectivity index (χ1v) is 10.6. The molecule has 2 heterocycles. The Morgan fingerprint density at radius 3 is 2.63 bits per heavy atom. The highest BCUT2D eigenvalue weighted by molar-refractivity contribution is 7.91. The molecule has 0 aliphatic carbocycles. The zero-order valence-corrected chi connectivity index (χ0v) is 16.0. The van der Waals surface area contributed by atoms with E-state index in [-0.39, 0.29) is 17.2 Å². The summed E-state index contributed by atoms with van der Waals surface area (Å²) >= 11 is 0. The SMILES string of the molecule is CCOc1ccc(-c2cc(C(=O)NC3CCS(=O)(=O)C3)no2)cc1OCC. The van der Waals surface area contributed by atoms with E-state index < -0.39 is 21.8 Å². The van der Waals surface area contributed by atoms with Gasteiger partial charge >= 0.3 is 0 Å². The predicted octanol–water partition coefficient (Wildman–Crippen LogP) is 2.06. The van der Waals surface area contributed by atoms with Crippen molar-refractivity contribution in [3.8, 4) is 22.8 Å². The van der Waals surface area contributed by atoms with E-state index in [1.807, 2.05) is 13.8 Å². The molecule has 1 N–H and O–H groups in total. The Morgan fingerprint density at radius 1 is 1.22 bits per heavy atom. The number of sulfone groups is 1. The van der Waals surface area contributed by atoms with Crippen molar-refractivity contribution in [2.45, 2.75) is 26.3 Å². The maximum Gasteiger partial charge on any atom is 0.273 e. The lowest BCUT2D eigenvalue weighted by atomic mass is 10.1. The molecular formula is C18H22N2O6S. The molecule has 1 aliphatic rings. The van der Waals surface area contributed by atoms with Crippen molar-refractivity contribution >= 4 is 15.7 Å². The van der Waals surface area contributed by atoms with E-state index in [4.69, 9.17) is 14.0 Å². The van der Waals surface area contributed by atoms with Crippen LogP contribution in [0, 0.1) is 0 Å². The maximum atomic E-state index is 12.3. The number of carbonyl (C=O) groups excluding carboxylic acids is 1. The second kappa shape index (κ2) is 7.99. The quantitative estimate of drug-likeness (QED) is 0.766. The fraction of sp³-hybridized carbons (Fsp3) is 0.444. The molecular weight excluding hydrogens is 372 g/mol. The minimum absolute atomic E-state index is 0.0416. The summed E-state index contributed by atoms with van der Waals surface area (Å²) < 4.78 is 39.4. The Labute approximate surface area is 157 Å². The predicted molar refractivity (Wildman–Crippen MR) is 98.8 cm³/mol. The molecule has 0 radical (unpaired) electrons. The largest absolute Gasteiger partial charge is 0.490 e. The van der Waals surface area contributed by atoms with Gasteiger partial charge in [0.05, 0.1) is 24.7 Å². The second-order valence-corrected chi connectivity index (χ2v) is 8.41. The highest BCUT2D eigenvalue weighted by Crippen LogP contribution is 2.33. The molecule has 27 heavy (non-hydrogen) atoms. The van der Waals surface area contributed by atoms with Crippen LogP contribution in [-0.2, 0) is 9.84 Å². The molecule has 0 bridgehead atoms. The van der Waals surface area contributed by atoms with Gasteiger partial charge in [0.2, 0.25) is 0 Å². The number of amides is 1. The van der Waals surface area contributed by atoms with Gasteiger partial charge in [-0.3, -0.25) is 4.79 Å². The first kappa shape index (κ1) is 19.2. The number of hydrogen-bond acceptors (Lipinski definition) is 7. The second-order valence-electron chi connectivity index (χ2n) is 6.18. The summed E-state index contributed by atoms with van der Waals surface area (Å²) in [6, 6.07) is 6.46. The molecule has 3 rings (SSSR count). The summed E-state index contributed by atoms with van der Waals surface area (Å²) in [5, 5.41) is 6.48. The summed E-state index contributed by atoms with van der Waals surface area (Å²) in [5.74, 6) is 1.21. The van der Waals surface area contributed by atoms with Gasteiger partial charge in [-0.15, -0.1) is 0 Å². The number of carbonyl (C=O) groups is 1. The van der Waals surface area contributed by atoms with Crippen molar-refractivity contribution in [3.63, 3.8) is 0 Å². The van der Waals surface area contributed by atoms with Crippen molar-refractivity contribution in [2.24, 2.45) is 0 Å². The summed E-state index contributed by atoms with van der Waals surface area (Å²) in [5.41, 5.74) is 0.790. The Hall–Kier alpha value is -2.55. The van der Waals surface area contributed by atoms with Gasteiger partial charge in [0, 0.05) is 17.7 Å². The number of ether oxygens (including phenoxy) is 2. The minimum Gasteiger partial charge on any atom is -0.490 e. The fourth-order valence-corrected chi connectivity index (χ4v) is 4.56. The molecule has 0 spiro atoms. The fourth-order valence-electron chi connectivity index (χ4n) is 2.89. The van der Waals surface area contributed by atoms with Crippen molar-refractivity contribution in [3.05, 3.63) is 30.0 Å². The molecule has 1 aromatic carbocycles. The molecule has 8 nitrogen and oxygen atoms in total. The molecule has 9 heteroatoms. The van der Waals surface area contributed by atoms with Crippen LogP contribution in [0.1, 0.15) is 30.8 Å². The van der Waals surface area contributed by atoms with Crippen LogP contribution in [0.5, 0.6) is 11.5 Å². The number of benzene rings is 1. The van der Waals surface area contributed by atoms with Crippen molar-refractivity contribution in [1.29, 1.82) is 0 Å². The van der Waals surface area contributed by atoms with Gasteiger partial charge in [0.25, 0.3) is 5.91 Å². The lowest BCUT2D eigenvalue weighted by Crippen LogP contribution is -2.35. The van der Waals surface area contributed by atoms with Crippen LogP contribution in [0.3, 0.4) is 0 Å². The summed E-state index contributed by atoms with van der Waals surface area (Å²) in [4.78, 5) is 12.3. The van der Waals surface area contributed by atoms with Crippen LogP contribution in [0.2, 0.25) is 0 Å². The first-order valence-electron chi connectivity index (χ1n) is 8.80. The van der Waals surface area contributed by atoms with E-state index in [1.165, 1.54) is 6.07 Å². The van der Waals surface area contributed by atoms with E-state index in [1.54, 1.807) is 18.2 Å². The number of nitrogens with zero attached hydrogens (tertiary/aromatic N) is 1. The molecule has 1 fully saturated rings. The topological polar surface area (TPSA) is 108 Å². The van der Waals surface area contributed by atoms with Crippen molar-refractivity contribution in [2.75, 3.05) is 24.7 Å². The minimum atomic E-state index is -3.06. The number of rotatable bonds is 7. The molecule has 2 aromatic rings. The molecule has 1 saturated heterocycles. The third-order valence-electron chi connectivity index (χ3n) is 4.14. The first-order chi connectivity index (χ1) is 12.9. The maximum absolute atomic E-state index is 12.3. The Balaban J connectivity index is 1.75. The average Bonchev–Trinajstić information content (AvgIpc) is 3.23. The molecule has 0 saturated carbocycles. The smallest absolute Gasteiger partial charge is 0.273 e. The van der Waals surface area contributed by atoms with E-state index in [2.05, 4.69) is 10.5 Å². The van der Waals surface area contributed by atoms with Gasteiger partial charge in [0.1, 0.15) is 0 Å². The van der Waals surface area contributed by atoms with Crippen molar-refractivity contribution in [1.82, 2.24) is 10.5 Å². The van der Waals surface area contributed by atoms with Gasteiger partial charge < -0.3 is 19.3 Å².